The molecule has 0 saturated carbocycles. The van der Waals surface area contributed by atoms with Gasteiger partial charge in [0.05, 0.1) is 11.0 Å². The van der Waals surface area contributed by atoms with Crippen LogP contribution in [0.1, 0.15) is 11.6 Å². The molecule has 7 nitrogen and oxygen atoms in total. The van der Waals surface area contributed by atoms with Gasteiger partial charge in [-0.05, 0) is 17.7 Å². The maximum absolute atomic E-state index is 12.1. The van der Waals surface area contributed by atoms with Crippen LogP contribution >= 0.6 is 0 Å². The molecule has 0 saturated heterocycles. The number of nitrogens with one attached hydrogen (secondary N) is 1. The maximum atomic E-state index is 12.1. The summed E-state index contributed by atoms with van der Waals surface area (Å²) in [7, 11) is 0. The molecule has 0 bridgehead atoms. The first-order valence-corrected chi connectivity index (χ1v) is 6.08. The fraction of sp³-hybridized carbons (Fsp3) is 0.0714. The molecule has 7 heteroatoms. The van der Waals surface area contributed by atoms with Gasteiger partial charge in [0.25, 0.3) is 5.69 Å². The Hall–Kier alpha value is -2.93. The summed E-state index contributed by atoms with van der Waals surface area (Å²) in [6, 6.07) is 11.2. The Kier molecular flexibility index (Phi) is 4.15. The summed E-state index contributed by atoms with van der Waals surface area (Å²) in [5.41, 5.74) is 5.99. The van der Waals surface area contributed by atoms with Gasteiger partial charge in [-0.15, -0.1) is 0 Å². The van der Waals surface area contributed by atoms with Gasteiger partial charge in [-0.2, -0.15) is 0 Å². The SMILES string of the molecule is NC(C(=O)Nc1ccc(O)cc1[N+](=O)[O-])c1ccccc1. The Balaban J connectivity index is 2.22. The number of nitrogens with zero attached hydrogens (tertiary/aromatic N) is 1. The van der Waals surface area contributed by atoms with Crippen LogP contribution in [-0.2, 0) is 4.79 Å². The topological polar surface area (TPSA) is 118 Å². The van der Waals surface area contributed by atoms with Gasteiger partial charge in [0.2, 0.25) is 5.91 Å². The number of hydrogen-bond acceptors (Lipinski definition) is 5. The van der Waals surface area contributed by atoms with Crippen molar-refractivity contribution in [1.29, 1.82) is 0 Å². The summed E-state index contributed by atoms with van der Waals surface area (Å²) in [6.45, 7) is 0. The summed E-state index contributed by atoms with van der Waals surface area (Å²) in [5.74, 6) is -0.831. The lowest BCUT2D eigenvalue weighted by Crippen LogP contribution is -2.27. The molecule has 0 heterocycles. The van der Waals surface area contributed by atoms with Crippen LogP contribution in [0.2, 0.25) is 0 Å². The molecule has 2 aromatic carbocycles. The molecular formula is C14H13N3O4. The molecule has 2 rings (SSSR count). The Morgan fingerprint density at radius 3 is 2.52 bits per heavy atom. The van der Waals surface area contributed by atoms with Crippen LogP contribution in [0.4, 0.5) is 11.4 Å². The number of phenolic OH excluding ortho intramolecular Hbond substituents is 1. The van der Waals surface area contributed by atoms with Gasteiger partial charge < -0.3 is 16.2 Å². The molecule has 0 spiro atoms. The predicted octanol–water partition coefficient (Wildman–Crippen LogP) is 1.94. The van der Waals surface area contributed by atoms with Crippen molar-refractivity contribution in [2.75, 3.05) is 5.32 Å². The average Bonchev–Trinajstić information content (AvgIpc) is 2.49. The van der Waals surface area contributed by atoms with Crippen LogP contribution in [0.5, 0.6) is 5.75 Å². The van der Waals surface area contributed by atoms with Gasteiger partial charge in [0, 0.05) is 0 Å². The van der Waals surface area contributed by atoms with Gasteiger partial charge in [-0.1, -0.05) is 30.3 Å². The van der Waals surface area contributed by atoms with Crippen LogP contribution in [-0.4, -0.2) is 15.9 Å². The number of carbonyl (C=O) groups is 1. The number of hydrogen-bond donors (Lipinski definition) is 3. The maximum Gasteiger partial charge on any atom is 0.296 e. The molecule has 4 N–H and O–H groups in total. The Bertz CT molecular complexity index is 673. The third-order valence-corrected chi connectivity index (χ3v) is 2.88. The third-order valence-electron chi connectivity index (χ3n) is 2.88. The fourth-order valence-electron chi connectivity index (χ4n) is 1.80. The molecule has 0 aliphatic rings. The minimum Gasteiger partial charge on any atom is -0.508 e. The minimum absolute atomic E-state index is 0.0193. The third kappa shape index (κ3) is 3.34. The largest absolute Gasteiger partial charge is 0.508 e. The zero-order valence-corrected chi connectivity index (χ0v) is 10.9. The van der Waals surface area contributed by atoms with Crippen LogP contribution < -0.4 is 11.1 Å². The molecule has 21 heavy (non-hydrogen) atoms. The average molecular weight is 287 g/mol. The van der Waals surface area contributed by atoms with Crippen LogP contribution in [0.15, 0.2) is 48.5 Å². The first-order chi connectivity index (χ1) is 9.99. The van der Waals surface area contributed by atoms with E-state index >= 15 is 0 Å². The number of rotatable bonds is 4. The number of phenols is 1. The molecular weight excluding hydrogens is 274 g/mol. The molecule has 0 aliphatic carbocycles. The molecule has 1 unspecified atom stereocenters. The van der Waals surface area contributed by atoms with Crippen molar-refractivity contribution >= 4 is 17.3 Å². The molecule has 1 atom stereocenters. The van der Waals surface area contributed by atoms with Crippen molar-refractivity contribution in [3.8, 4) is 5.75 Å². The number of nitrogens with two attached hydrogens (primary N) is 1. The molecule has 108 valence electrons. The lowest BCUT2D eigenvalue weighted by Gasteiger charge is -2.12. The highest BCUT2D eigenvalue weighted by molar-refractivity contribution is 5.97. The summed E-state index contributed by atoms with van der Waals surface area (Å²) >= 11 is 0. The number of anilines is 1. The van der Waals surface area contributed by atoms with Gasteiger partial charge in [-0.25, -0.2) is 0 Å². The highest BCUT2D eigenvalue weighted by atomic mass is 16.6. The first-order valence-electron chi connectivity index (χ1n) is 6.08. The predicted molar refractivity (Wildman–Crippen MR) is 76.8 cm³/mol. The van der Waals surface area contributed by atoms with Gasteiger partial charge in [-0.3, -0.25) is 14.9 Å². The quantitative estimate of drug-likeness (QED) is 0.451. The van der Waals surface area contributed by atoms with Crippen molar-refractivity contribution in [2.24, 2.45) is 5.73 Å². The van der Waals surface area contributed by atoms with E-state index in [0.717, 1.165) is 6.07 Å². The van der Waals surface area contributed by atoms with Crippen molar-refractivity contribution in [1.82, 2.24) is 0 Å². The van der Waals surface area contributed by atoms with Crippen LogP contribution in [0, 0.1) is 10.1 Å². The van der Waals surface area contributed by atoms with Crippen molar-refractivity contribution in [3.63, 3.8) is 0 Å². The summed E-state index contributed by atoms with van der Waals surface area (Å²) in [4.78, 5) is 22.3. The number of nitro groups is 1. The Morgan fingerprint density at radius 2 is 1.90 bits per heavy atom. The number of amides is 1. The zero-order valence-electron chi connectivity index (χ0n) is 10.9. The first kappa shape index (κ1) is 14.5. The second-order valence-corrected chi connectivity index (χ2v) is 4.34. The van der Waals surface area contributed by atoms with E-state index in [1.54, 1.807) is 30.3 Å². The fourth-order valence-corrected chi connectivity index (χ4v) is 1.80. The van der Waals surface area contributed by atoms with Gasteiger partial charge >= 0.3 is 0 Å². The molecule has 1 amide bonds. The van der Waals surface area contributed by atoms with E-state index in [9.17, 15) is 20.0 Å². The molecule has 0 aromatic heterocycles. The Morgan fingerprint density at radius 1 is 1.24 bits per heavy atom. The van der Waals surface area contributed by atoms with Crippen molar-refractivity contribution in [3.05, 3.63) is 64.2 Å². The second kappa shape index (κ2) is 6.02. The number of nitro benzene ring substituents is 1. The smallest absolute Gasteiger partial charge is 0.296 e. The monoisotopic (exact) mass is 287 g/mol. The van der Waals surface area contributed by atoms with Crippen molar-refractivity contribution in [2.45, 2.75) is 6.04 Å². The minimum atomic E-state index is -0.945. The molecule has 2 aromatic rings. The lowest BCUT2D eigenvalue weighted by molar-refractivity contribution is -0.384. The second-order valence-electron chi connectivity index (χ2n) is 4.34. The lowest BCUT2D eigenvalue weighted by atomic mass is 10.1. The van der Waals surface area contributed by atoms with Gasteiger partial charge in [0.15, 0.2) is 0 Å². The van der Waals surface area contributed by atoms with Crippen LogP contribution in [0.3, 0.4) is 0 Å². The van der Waals surface area contributed by atoms with Crippen LogP contribution in [0.25, 0.3) is 0 Å². The van der Waals surface area contributed by atoms with E-state index < -0.39 is 22.6 Å². The molecule has 0 radical (unpaired) electrons. The number of carbonyl (C=O) groups excluding carboxylic acids is 1. The van der Waals surface area contributed by atoms with E-state index in [1.165, 1.54) is 12.1 Å². The standard InChI is InChI=1S/C14H13N3O4/c15-13(9-4-2-1-3-5-9)14(19)16-11-7-6-10(18)8-12(11)17(20)21/h1-8,13,18H,15H2,(H,16,19). The van der Waals surface area contributed by atoms with E-state index in [4.69, 9.17) is 5.73 Å². The molecule has 0 fully saturated rings. The normalized spacial score (nSPS) is 11.7. The Labute approximate surface area is 120 Å². The highest BCUT2D eigenvalue weighted by Crippen LogP contribution is 2.29. The summed E-state index contributed by atoms with van der Waals surface area (Å²) in [5, 5.41) is 22.6. The number of aromatic hydroxyl groups is 1. The van der Waals surface area contributed by atoms with Gasteiger partial charge in [0.1, 0.15) is 17.5 Å². The van der Waals surface area contributed by atoms with E-state index in [1.807, 2.05) is 0 Å². The number of benzene rings is 2. The van der Waals surface area contributed by atoms with Crippen molar-refractivity contribution < 1.29 is 14.8 Å². The summed E-state index contributed by atoms with van der Waals surface area (Å²) < 4.78 is 0. The summed E-state index contributed by atoms with van der Waals surface area (Å²) in [6.07, 6.45) is 0. The van der Waals surface area contributed by atoms with E-state index in [2.05, 4.69) is 5.32 Å². The van der Waals surface area contributed by atoms with E-state index in [0.29, 0.717) is 5.56 Å². The van der Waals surface area contributed by atoms with E-state index in [-0.39, 0.29) is 11.4 Å². The zero-order chi connectivity index (χ0) is 15.4. The highest BCUT2D eigenvalue weighted by Gasteiger charge is 2.21. The molecule has 0 aliphatic heterocycles.